The van der Waals surface area contributed by atoms with Crippen molar-refractivity contribution in [3.05, 3.63) is 18.1 Å². The van der Waals surface area contributed by atoms with E-state index in [9.17, 15) is 0 Å². The molecule has 0 spiro atoms. The number of fused-ring (bicyclic) bond motifs is 1. The Morgan fingerprint density at radius 3 is 2.83 bits per heavy atom. The minimum Gasteiger partial charge on any atom is -0.396 e. The lowest BCUT2D eigenvalue weighted by Gasteiger charge is -2.37. The molecule has 0 radical (unpaired) electrons. The Kier molecular flexibility index (Phi) is 5.07. The van der Waals surface area contributed by atoms with Crippen LogP contribution in [0.1, 0.15) is 31.9 Å². The summed E-state index contributed by atoms with van der Waals surface area (Å²) in [6, 6.07) is 2.73. The van der Waals surface area contributed by atoms with Crippen molar-refractivity contribution in [1.82, 2.24) is 24.5 Å². The van der Waals surface area contributed by atoms with Gasteiger partial charge in [0.15, 0.2) is 0 Å². The van der Waals surface area contributed by atoms with Crippen molar-refractivity contribution in [1.29, 1.82) is 0 Å². The third-order valence-corrected chi connectivity index (χ3v) is 4.73. The lowest BCUT2D eigenvalue weighted by molar-refractivity contribution is 0.184. The van der Waals surface area contributed by atoms with Crippen LogP contribution in [-0.4, -0.2) is 68.9 Å². The van der Waals surface area contributed by atoms with Gasteiger partial charge < -0.3 is 14.9 Å². The normalized spacial score (nSPS) is 16.6. The number of aliphatic hydroxyl groups excluding tert-OH is 1. The number of nitrogens with zero attached hydrogens (tertiary/aromatic N) is 6. The average Bonchev–Trinajstić information content (AvgIpc) is 3.07. The van der Waals surface area contributed by atoms with Gasteiger partial charge >= 0.3 is 0 Å². The van der Waals surface area contributed by atoms with Crippen LogP contribution in [0.25, 0.3) is 5.78 Å². The monoisotopic (exact) mass is 318 g/mol. The van der Waals surface area contributed by atoms with Crippen molar-refractivity contribution >= 4 is 11.6 Å². The van der Waals surface area contributed by atoms with Gasteiger partial charge in [0.1, 0.15) is 12.1 Å². The molecule has 2 aromatic rings. The fourth-order valence-electron chi connectivity index (χ4n) is 3.29. The van der Waals surface area contributed by atoms with Crippen LogP contribution in [0.15, 0.2) is 12.4 Å². The lowest BCUT2D eigenvalue weighted by Crippen LogP contribution is -2.44. The van der Waals surface area contributed by atoms with Gasteiger partial charge in [-0.1, -0.05) is 6.92 Å². The molecule has 3 heterocycles. The number of rotatable bonds is 6. The summed E-state index contributed by atoms with van der Waals surface area (Å²) in [4.78, 5) is 13.5. The number of aryl methyl sites for hydroxylation is 1. The van der Waals surface area contributed by atoms with E-state index in [0.717, 1.165) is 56.8 Å². The number of aliphatic hydroxyl groups is 1. The molecule has 0 aliphatic carbocycles. The molecule has 2 aromatic heterocycles. The molecule has 3 rings (SSSR count). The number of piperidine rings is 1. The maximum Gasteiger partial charge on any atom is 0.254 e. The Hall–Kier alpha value is -1.73. The first kappa shape index (κ1) is 16.1. The Morgan fingerprint density at radius 2 is 2.13 bits per heavy atom. The predicted molar refractivity (Wildman–Crippen MR) is 89.7 cm³/mol. The SMILES string of the molecule is CCc1cc(N2CCC(N(C)CCCO)CC2)n2ncnc2n1. The molecule has 126 valence electrons. The van der Waals surface area contributed by atoms with Crippen LogP contribution in [-0.2, 0) is 6.42 Å². The molecule has 0 atom stereocenters. The molecular weight excluding hydrogens is 292 g/mol. The molecule has 7 nitrogen and oxygen atoms in total. The maximum absolute atomic E-state index is 8.98. The van der Waals surface area contributed by atoms with Crippen molar-refractivity contribution in [3.8, 4) is 0 Å². The van der Waals surface area contributed by atoms with Crippen molar-refractivity contribution in [2.75, 3.05) is 38.2 Å². The topological polar surface area (TPSA) is 69.8 Å². The molecule has 0 amide bonds. The van der Waals surface area contributed by atoms with E-state index in [-0.39, 0.29) is 6.61 Å². The minimum absolute atomic E-state index is 0.268. The number of anilines is 1. The van der Waals surface area contributed by atoms with Crippen LogP contribution in [0.4, 0.5) is 5.82 Å². The zero-order valence-corrected chi connectivity index (χ0v) is 14.0. The van der Waals surface area contributed by atoms with E-state index < -0.39 is 0 Å². The van der Waals surface area contributed by atoms with Crippen molar-refractivity contribution < 1.29 is 5.11 Å². The van der Waals surface area contributed by atoms with Crippen LogP contribution in [0.5, 0.6) is 0 Å². The number of hydrogen-bond acceptors (Lipinski definition) is 6. The van der Waals surface area contributed by atoms with Crippen LogP contribution in [0.3, 0.4) is 0 Å². The van der Waals surface area contributed by atoms with Crippen molar-refractivity contribution in [3.63, 3.8) is 0 Å². The van der Waals surface area contributed by atoms with E-state index in [1.807, 2.05) is 4.52 Å². The van der Waals surface area contributed by atoms with Gasteiger partial charge in [0.25, 0.3) is 5.78 Å². The molecule has 1 aliphatic heterocycles. The maximum atomic E-state index is 8.98. The van der Waals surface area contributed by atoms with Gasteiger partial charge in [-0.15, -0.1) is 0 Å². The minimum atomic E-state index is 0.268. The van der Waals surface area contributed by atoms with E-state index in [2.05, 4.69) is 44.9 Å². The summed E-state index contributed by atoms with van der Waals surface area (Å²) in [6.07, 6.45) is 5.57. The number of aromatic nitrogens is 4. The van der Waals surface area contributed by atoms with Gasteiger partial charge in [0.2, 0.25) is 0 Å². The van der Waals surface area contributed by atoms with E-state index in [0.29, 0.717) is 11.8 Å². The average molecular weight is 318 g/mol. The summed E-state index contributed by atoms with van der Waals surface area (Å²) >= 11 is 0. The Bertz CT molecular complexity index is 635. The first-order valence-electron chi connectivity index (χ1n) is 8.48. The Morgan fingerprint density at radius 1 is 1.35 bits per heavy atom. The predicted octanol–water partition coefficient (Wildman–Crippen LogP) is 0.970. The zero-order valence-electron chi connectivity index (χ0n) is 14.0. The Labute approximate surface area is 136 Å². The van der Waals surface area contributed by atoms with E-state index >= 15 is 0 Å². The molecule has 23 heavy (non-hydrogen) atoms. The summed E-state index contributed by atoms with van der Waals surface area (Å²) in [5.74, 6) is 1.78. The highest BCUT2D eigenvalue weighted by atomic mass is 16.3. The third-order valence-electron chi connectivity index (χ3n) is 4.73. The standard InChI is InChI=1S/C16H26N6O/c1-3-13-11-15(22-16(19-13)17-12-18-22)21-8-5-14(6-9-21)20(2)7-4-10-23/h11-12,14,23H,3-10H2,1-2H3. The molecule has 0 aromatic carbocycles. The molecule has 7 heteroatoms. The molecule has 1 N–H and O–H groups in total. The fourth-order valence-corrected chi connectivity index (χ4v) is 3.29. The van der Waals surface area contributed by atoms with E-state index in [4.69, 9.17) is 5.11 Å². The second-order valence-corrected chi connectivity index (χ2v) is 6.21. The van der Waals surface area contributed by atoms with Crippen LogP contribution >= 0.6 is 0 Å². The van der Waals surface area contributed by atoms with E-state index in [1.54, 1.807) is 6.33 Å². The third kappa shape index (κ3) is 3.45. The first-order valence-corrected chi connectivity index (χ1v) is 8.48. The van der Waals surface area contributed by atoms with Gasteiger partial charge in [-0.05, 0) is 32.7 Å². The quantitative estimate of drug-likeness (QED) is 0.856. The molecule has 0 unspecified atom stereocenters. The molecule has 0 saturated carbocycles. The van der Waals surface area contributed by atoms with Gasteiger partial charge in [-0.3, -0.25) is 0 Å². The highest BCUT2D eigenvalue weighted by molar-refractivity contribution is 5.47. The fraction of sp³-hybridized carbons (Fsp3) is 0.688. The summed E-state index contributed by atoms with van der Waals surface area (Å²) < 4.78 is 1.84. The summed E-state index contributed by atoms with van der Waals surface area (Å²) in [5, 5.41) is 13.3. The molecule has 1 saturated heterocycles. The first-order chi connectivity index (χ1) is 11.2. The largest absolute Gasteiger partial charge is 0.396 e. The summed E-state index contributed by atoms with van der Waals surface area (Å²) in [5.41, 5.74) is 1.06. The Balaban J connectivity index is 1.71. The van der Waals surface area contributed by atoms with Crippen LogP contribution in [0.2, 0.25) is 0 Å². The lowest BCUT2D eigenvalue weighted by atomic mass is 10.0. The second kappa shape index (κ2) is 7.23. The number of hydrogen-bond donors (Lipinski definition) is 1. The molecule has 0 bridgehead atoms. The van der Waals surface area contributed by atoms with Gasteiger partial charge in [0.05, 0.1) is 0 Å². The van der Waals surface area contributed by atoms with Gasteiger partial charge in [0, 0.05) is 44.0 Å². The van der Waals surface area contributed by atoms with Crippen LogP contribution in [0, 0.1) is 0 Å². The molecular formula is C16H26N6O. The molecule has 1 fully saturated rings. The zero-order chi connectivity index (χ0) is 16.2. The summed E-state index contributed by atoms with van der Waals surface area (Å²) in [6.45, 7) is 5.36. The van der Waals surface area contributed by atoms with Crippen molar-refractivity contribution in [2.45, 2.75) is 38.6 Å². The van der Waals surface area contributed by atoms with Crippen LogP contribution < -0.4 is 4.90 Å². The van der Waals surface area contributed by atoms with Crippen molar-refractivity contribution in [2.24, 2.45) is 0 Å². The van der Waals surface area contributed by atoms with E-state index in [1.165, 1.54) is 0 Å². The highest BCUT2D eigenvalue weighted by Crippen LogP contribution is 2.23. The molecule has 1 aliphatic rings. The highest BCUT2D eigenvalue weighted by Gasteiger charge is 2.24. The van der Waals surface area contributed by atoms with Gasteiger partial charge in [-0.25, -0.2) is 4.98 Å². The summed E-state index contributed by atoms with van der Waals surface area (Å²) in [7, 11) is 2.16. The smallest absolute Gasteiger partial charge is 0.254 e. The van der Waals surface area contributed by atoms with Gasteiger partial charge in [-0.2, -0.15) is 14.6 Å². The second-order valence-electron chi connectivity index (χ2n) is 6.21.